The fourth-order valence-corrected chi connectivity index (χ4v) is 3.74. The Kier molecular flexibility index (Phi) is 5.95. The first-order valence-corrected chi connectivity index (χ1v) is 10.1. The summed E-state index contributed by atoms with van der Waals surface area (Å²) < 4.78 is 15.8. The average molecular weight is 444 g/mol. The van der Waals surface area contributed by atoms with Gasteiger partial charge in [0.05, 0.1) is 5.56 Å². The van der Waals surface area contributed by atoms with Crippen molar-refractivity contribution in [2.45, 2.75) is 12.8 Å². The number of carbonyl (C=O) groups excluding carboxylic acids is 2. The lowest BCUT2D eigenvalue weighted by atomic mass is 9.99. The number of hydrogen-bond acceptors (Lipinski definition) is 6. The van der Waals surface area contributed by atoms with E-state index in [0.29, 0.717) is 22.8 Å². The van der Waals surface area contributed by atoms with Crippen molar-refractivity contribution in [1.82, 2.24) is 0 Å². The van der Waals surface area contributed by atoms with Gasteiger partial charge < -0.3 is 19.3 Å². The van der Waals surface area contributed by atoms with E-state index in [-0.39, 0.29) is 5.92 Å². The van der Waals surface area contributed by atoms with Gasteiger partial charge in [-0.15, -0.1) is 0 Å². The minimum Gasteiger partial charge on any atom is -0.482 e. The fraction of sp³-hybridized carbons (Fsp3) is 0.115. The summed E-state index contributed by atoms with van der Waals surface area (Å²) in [6, 6.07) is 17.0. The maximum Gasteiger partial charge on any atom is 0.343 e. The van der Waals surface area contributed by atoms with Crippen molar-refractivity contribution in [3.8, 4) is 28.4 Å². The lowest BCUT2D eigenvalue weighted by molar-refractivity contribution is -0.139. The van der Waals surface area contributed by atoms with Crippen LogP contribution in [0.3, 0.4) is 0 Å². The number of esters is 2. The van der Waals surface area contributed by atoms with Crippen LogP contribution in [0, 0.1) is 0 Å². The van der Waals surface area contributed by atoms with Crippen LogP contribution in [0.4, 0.5) is 0 Å². The summed E-state index contributed by atoms with van der Waals surface area (Å²) in [5.41, 5.74) is 4.38. The van der Waals surface area contributed by atoms with Gasteiger partial charge in [0, 0.05) is 12.0 Å². The van der Waals surface area contributed by atoms with Crippen LogP contribution in [0.15, 0.2) is 73.3 Å². The van der Waals surface area contributed by atoms with Crippen LogP contribution in [0.5, 0.6) is 17.2 Å². The predicted octanol–water partition coefficient (Wildman–Crippen LogP) is 4.59. The summed E-state index contributed by atoms with van der Waals surface area (Å²) in [6.07, 6.45) is 1.11. The number of hydrogen-bond donors (Lipinski definition) is 1. The summed E-state index contributed by atoms with van der Waals surface area (Å²) in [4.78, 5) is 34.6. The summed E-state index contributed by atoms with van der Waals surface area (Å²) in [7, 11) is 0. The highest BCUT2D eigenvalue weighted by Gasteiger charge is 2.27. The molecule has 0 fully saturated rings. The van der Waals surface area contributed by atoms with Gasteiger partial charge in [-0.25, -0.2) is 14.4 Å². The number of carboxylic acids is 1. The summed E-state index contributed by atoms with van der Waals surface area (Å²) in [5, 5.41) is 8.66. The van der Waals surface area contributed by atoms with Crippen LogP contribution in [-0.2, 0) is 9.59 Å². The third-order valence-electron chi connectivity index (χ3n) is 5.32. The van der Waals surface area contributed by atoms with Crippen molar-refractivity contribution < 1.29 is 33.7 Å². The molecule has 33 heavy (non-hydrogen) atoms. The topological polar surface area (TPSA) is 99.1 Å². The number of rotatable bonds is 7. The maximum atomic E-state index is 12.6. The number of benzene rings is 3. The van der Waals surface area contributed by atoms with E-state index in [2.05, 4.69) is 6.58 Å². The molecule has 7 nitrogen and oxygen atoms in total. The number of carbonyl (C=O) groups is 3. The molecular weight excluding hydrogens is 424 g/mol. The zero-order chi connectivity index (χ0) is 23.5. The van der Waals surface area contributed by atoms with Crippen LogP contribution in [-0.4, -0.2) is 29.6 Å². The Morgan fingerprint density at radius 1 is 0.879 bits per heavy atom. The van der Waals surface area contributed by atoms with E-state index >= 15 is 0 Å². The number of carboxylic acid groups (broad SMARTS) is 1. The lowest BCUT2D eigenvalue weighted by Crippen LogP contribution is -2.10. The van der Waals surface area contributed by atoms with Gasteiger partial charge in [0.25, 0.3) is 0 Å². The van der Waals surface area contributed by atoms with Crippen molar-refractivity contribution in [2.75, 3.05) is 6.61 Å². The van der Waals surface area contributed by atoms with Gasteiger partial charge in [0.1, 0.15) is 17.2 Å². The Labute approximate surface area is 189 Å². The molecule has 1 N–H and O–H groups in total. The molecule has 0 radical (unpaired) electrons. The Balaban J connectivity index is 1.49. The number of ether oxygens (including phenoxy) is 3. The summed E-state index contributed by atoms with van der Waals surface area (Å²) >= 11 is 0. The second-order valence-corrected chi connectivity index (χ2v) is 7.44. The van der Waals surface area contributed by atoms with Crippen molar-refractivity contribution >= 4 is 17.9 Å². The first-order valence-electron chi connectivity index (χ1n) is 10.1. The van der Waals surface area contributed by atoms with Crippen molar-refractivity contribution in [3.05, 3.63) is 90.0 Å². The molecule has 1 unspecified atom stereocenters. The van der Waals surface area contributed by atoms with Crippen molar-refractivity contribution in [1.29, 1.82) is 0 Å². The molecule has 7 heteroatoms. The standard InChI is InChI=1S/C26H20O7/c1-3-25(29)32-18-8-10-20-21-11-9-19(13-23(21)15(2)22(20)12-18)33-26(30)16-4-6-17(7-5-16)31-14-24(27)28/h3-13,15H,1,14H2,2H3,(H,27,28). The highest BCUT2D eigenvalue weighted by atomic mass is 16.5. The fourth-order valence-electron chi connectivity index (χ4n) is 3.74. The molecule has 3 aromatic rings. The van der Waals surface area contributed by atoms with Gasteiger partial charge in [-0.2, -0.15) is 0 Å². The number of aliphatic carboxylic acids is 1. The van der Waals surface area contributed by atoms with Crippen molar-refractivity contribution in [2.24, 2.45) is 0 Å². The third-order valence-corrected chi connectivity index (χ3v) is 5.32. The van der Waals surface area contributed by atoms with E-state index in [1.54, 1.807) is 12.1 Å². The maximum absolute atomic E-state index is 12.6. The van der Waals surface area contributed by atoms with E-state index in [9.17, 15) is 14.4 Å². The smallest absolute Gasteiger partial charge is 0.343 e. The molecule has 1 atom stereocenters. The molecule has 0 amide bonds. The van der Waals surface area contributed by atoms with E-state index in [1.807, 2.05) is 31.2 Å². The molecule has 3 aromatic carbocycles. The molecule has 0 spiro atoms. The molecule has 0 heterocycles. The predicted molar refractivity (Wildman–Crippen MR) is 120 cm³/mol. The van der Waals surface area contributed by atoms with Gasteiger partial charge in [-0.1, -0.05) is 25.6 Å². The van der Waals surface area contributed by atoms with Gasteiger partial charge in [0.2, 0.25) is 0 Å². The molecule has 4 rings (SSSR count). The van der Waals surface area contributed by atoms with Crippen LogP contribution < -0.4 is 14.2 Å². The van der Waals surface area contributed by atoms with Gasteiger partial charge in [-0.05, 0) is 70.8 Å². The monoisotopic (exact) mass is 444 g/mol. The number of fused-ring (bicyclic) bond motifs is 3. The SMILES string of the molecule is C=CC(=O)Oc1ccc2c(c1)C(C)c1cc(OC(=O)c3ccc(OCC(=O)O)cc3)ccc1-2. The zero-order valence-corrected chi connectivity index (χ0v) is 17.7. The molecule has 0 bridgehead atoms. The minimum absolute atomic E-state index is 0.0155. The Morgan fingerprint density at radius 3 is 1.97 bits per heavy atom. The highest BCUT2D eigenvalue weighted by molar-refractivity contribution is 5.91. The molecule has 166 valence electrons. The zero-order valence-electron chi connectivity index (χ0n) is 17.7. The normalized spacial score (nSPS) is 13.4. The van der Waals surface area contributed by atoms with Gasteiger partial charge in [0.15, 0.2) is 6.61 Å². The van der Waals surface area contributed by atoms with Crippen LogP contribution >= 0.6 is 0 Å². The first kappa shape index (κ1) is 21.8. The Morgan fingerprint density at radius 2 is 1.42 bits per heavy atom. The molecule has 1 aliphatic rings. The third kappa shape index (κ3) is 4.62. The second-order valence-electron chi connectivity index (χ2n) is 7.44. The average Bonchev–Trinajstić information content (AvgIpc) is 3.09. The van der Waals surface area contributed by atoms with Gasteiger partial charge >= 0.3 is 17.9 Å². The highest BCUT2D eigenvalue weighted by Crippen LogP contribution is 2.47. The van der Waals surface area contributed by atoms with E-state index in [0.717, 1.165) is 28.3 Å². The first-order chi connectivity index (χ1) is 15.9. The molecule has 0 aromatic heterocycles. The summed E-state index contributed by atoms with van der Waals surface area (Å²) in [6.45, 7) is 4.98. The molecule has 1 aliphatic carbocycles. The Hall–Kier alpha value is -4.39. The quantitative estimate of drug-likeness (QED) is 0.323. The van der Waals surface area contributed by atoms with Crippen molar-refractivity contribution in [3.63, 3.8) is 0 Å². The lowest BCUT2D eigenvalue weighted by Gasteiger charge is -2.10. The largest absolute Gasteiger partial charge is 0.482 e. The molecule has 0 aliphatic heterocycles. The summed E-state index contributed by atoms with van der Waals surface area (Å²) in [5.74, 6) is -0.933. The van der Waals surface area contributed by atoms with E-state index < -0.39 is 24.5 Å². The Bertz CT molecular complexity index is 1260. The van der Waals surface area contributed by atoms with Crippen LogP contribution in [0.1, 0.15) is 34.3 Å². The molecule has 0 saturated carbocycles. The van der Waals surface area contributed by atoms with Gasteiger partial charge in [-0.3, -0.25) is 0 Å². The molecule has 0 saturated heterocycles. The minimum atomic E-state index is -1.08. The second kappa shape index (κ2) is 9.00. The van der Waals surface area contributed by atoms with Crippen LogP contribution in [0.25, 0.3) is 11.1 Å². The van der Waals surface area contributed by atoms with E-state index in [1.165, 1.54) is 24.3 Å². The van der Waals surface area contributed by atoms with E-state index in [4.69, 9.17) is 19.3 Å². The van der Waals surface area contributed by atoms with Crippen LogP contribution in [0.2, 0.25) is 0 Å². The molecular formula is C26H20O7.